The molecule has 0 bridgehead atoms. The van der Waals surface area contributed by atoms with Crippen LogP contribution in [0, 0.1) is 0 Å². The Morgan fingerprint density at radius 3 is 2.52 bits per heavy atom. The molecule has 0 unspecified atom stereocenters. The lowest BCUT2D eigenvalue weighted by molar-refractivity contribution is 0.0950. The molecule has 1 aliphatic heterocycles. The highest BCUT2D eigenvalue weighted by Gasteiger charge is 2.20. The first kappa shape index (κ1) is 21.5. The molecule has 0 aromatic heterocycles. The number of rotatable bonds is 7. The van der Waals surface area contributed by atoms with Crippen molar-refractivity contribution in [3.8, 4) is 11.5 Å². The fourth-order valence-corrected chi connectivity index (χ4v) is 4.39. The highest BCUT2D eigenvalue weighted by atomic mass is 16.5. The van der Waals surface area contributed by atoms with Gasteiger partial charge in [0.25, 0.3) is 5.91 Å². The van der Waals surface area contributed by atoms with Crippen LogP contribution in [0.25, 0.3) is 0 Å². The number of anilines is 1. The van der Waals surface area contributed by atoms with E-state index < -0.39 is 0 Å². The van der Waals surface area contributed by atoms with E-state index in [0.29, 0.717) is 23.6 Å². The molecule has 2 aromatic carbocycles. The van der Waals surface area contributed by atoms with Crippen molar-refractivity contribution in [3.05, 3.63) is 53.6 Å². The fraction of sp³-hybridized carbons (Fsp3) is 0.480. The molecule has 1 saturated heterocycles. The van der Waals surface area contributed by atoms with E-state index in [2.05, 4.69) is 40.4 Å². The number of carbonyl (C=O) groups excluding carboxylic acids is 1. The number of nitrogens with zero attached hydrogens (tertiary/aromatic N) is 2. The summed E-state index contributed by atoms with van der Waals surface area (Å²) < 4.78 is 11.6. The third-order valence-electron chi connectivity index (χ3n) is 6.30. The minimum atomic E-state index is -0.112. The Hall–Kier alpha value is -2.73. The second-order valence-corrected chi connectivity index (χ2v) is 8.49. The summed E-state index contributed by atoms with van der Waals surface area (Å²) in [6.07, 6.45) is 4.84. The van der Waals surface area contributed by atoms with E-state index in [1.807, 2.05) is 18.2 Å². The number of benzene rings is 2. The number of ether oxygens (including phenoxy) is 2. The Morgan fingerprint density at radius 1 is 1.03 bits per heavy atom. The van der Waals surface area contributed by atoms with Crippen LogP contribution in [0.1, 0.15) is 41.6 Å². The van der Waals surface area contributed by atoms with E-state index in [1.165, 1.54) is 18.5 Å². The Balaban J connectivity index is 1.41. The van der Waals surface area contributed by atoms with E-state index in [9.17, 15) is 4.79 Å². The number of likely N-dealkylation sites (N-methyl/N-ethyl adjacent to an activating group) is 1. The topological polar surface area (TPSA) is 54.0 Å². The summed E-state index contributed by atoms with van der Waals surface area (Å²) in [5.41, 5.74) is 2.91. The fourth-order valence-electron chi connectivity index (χ4n) is 4.39. The summed E-state index contributed by atoms with van der Waals surface area (Å²) in [6.45, 7) is 4.59. The molecule has 2 aliphatic rings. The smallest absolute Gasteiger partial charge is 0.251 e. The van der Waals surface area contributed by atoms with Gasteiger partial charge in [0.2, 0.25) is 0 Å². The number of piperazine rings is 1. The normalized spacial score (nSPS) is 17.5. The van der Waals surface area contributed by atoms with Crippen LogP contribution in [-0.2, 0) is 6.54 Å². The average Bonchev–Trinajstić information content (AvgIpc) is 3.31. The average molecular weight is 424 g/mol. The van der Waals surface area contributed by atoms with Crippen LogP contribution in [0.3, 0.4) is 0 Å². The van der Waals surface area contributed by atoms with Gasteiger partial charge in [-0.3, -0.25) is 4.79 Å². The number of amides is 1. The van der Waals surface area contributed by atoms with Gasteiger partial charge in [-0.25, -0.2) is 0 Å². The van der Waals surface area contributed by atoms with Crippen LogP contribution < -0.4 is 19.7 Å². The van der Waals surface area contributed by atoms with Crippen molar-refractivity contribution < 1.29 is 14.3 Å². The summed E-state index contributed by atoms with van der Waals surface area (Å²) in [7, 11) is 3.77. The predicted octanol–water partition coefficient (Wildman–Crippen LogP) is 3.70. The summed E-state index contributed by atoms with van der Waals surface area (Å²) >= 11 is 0. The Bertz CT molecular complexity index is 887. The molecule has 0 radical (unpaired) electrons. The molecule has 1 saturated carbocycles. The van der Waals surface area contributed by atoms with Crippen molar-refractivity contribution in [2.45, 2.75) is 38.3 Å². The Morgan fingerprint density at radius 2 is 1.77 bits per heavy atom. The third-order valence-corrected chi connectivity index (χ3v) is 6.30. The molecule has 2 fully saturated rings. The van der Waals surface area contributed by atoms with E-state index in [4.69, 9.17) is 9.47 Å². The van der Waals surface area contributed by atoms with Gasteiger partial charge in [0.1, 0.15) is 0 Å². The number of nitrogens with one attached hydrogen (secondary N) is 1. The zero-order valence-corrected chi connectivity index (χ0v) is 18.6. The maximum atomic E-state index is 12.8. The van der Waals surface area contributed by atoms with Gasteiger partial charge >= 0.3 is 0 Å². The van der Waals surface area contributed by atoms with Crippen LogP contribution in [0.2, 0.25) is 0 Å². The molecule has 6 heteroatoms. The van der Waals surface area contributed by atoms with Gasteiger partial charge in [-0.15, -0.1) is 0 Å². The van der Waals surface area contributed by atoms with Gasteiger partial charge in [0.15, 0.2) is 11.5 Å². The first-order chi connectivity index (χ1) is 15.1. The largest absolute Gasteiger partial charge is 0.493 e. The van der Waals surface area contributed by atoms with Crippen LogP contribution in [0.15, 0.2) is 42.5 Å². The Kier molecular flexibility index (Phi) is 6.97. The Labute approximate surface area is 185 Å². The van der Waals surface area contributed by atoms with Crippen molar-refractivity contribution in [2.75, 3.05) is 45.2 Å². The molecule has 2 aromatic rings. The number of methoxy groups -OCH3 is 1. The zero-order chi connectivity index (χ0) is 21.6. The van der Waals surface area contributed by atoms with Crippen LogP contribution >= 0.6 is 0 Å². The maximum Gasteiger partial charge on any atom is 0.251 e. The van der Waals surface area contributed by atoms with Gasteiger partial charge in [0.05, 0.1) is 13.2 Å². The van der Waals surface area contributed by atoms with Crippen molar-refractivity contribution in [2.24, 2.45) is 0 Å². The lowest BCUT2D eigenvalue weighted by Crippen LogP contribution is -2.45. The molecule has 0 atom stereocenters. The quantitative estimate of drug-likeness (QED) is 0.736. The first-order valence-corrected chi connectivity index (χ1v) is 11.3. The summed E-state index contributed by atoms with van der Waals surface area (Å²) in [5.74, 6) is 1.21. The molecular weight excluding hydrogens is 390 g/mol. The molecule has 0 spiro atoms. The number of hydrogen-bond donors (Lipinski definition) is 1. The van der Waals surface area contributed by atoms with Crippen LogP contribution in [-0.4, -0.2) is 57.2 Å². The lowest BCUT2D eigenvalue weighted by Gasteiger charge is -2.35. The monoisotopic (exact) mass is 423 g/mol. The van der Waals surface area contributed by atoms with E-state index in [0.717, 1.165) is 44.6 Å². The minimum absolute atomic E-state index is 0.112. The molecule has 1 amide bonds. The predicted molar refractivity (Wildman–Crippen MR) is 123 cm³/mol. The molecule has 4 rings (SSSR count). The number of carbonyl (C=O) groups is 1. The van der Waals surface area contributed by atoms with Gasteiger partial charge < -0.3 is 24.6 Å². The van der Waals surface area contributed by atoms with Gasteiger partial charge in [-0.1, -0.05) is 18.2 Å². The molecule has 6 nitrogen and oxygen atoms in total. The van der Waals surface area contributed by atoms with Crippen molar-refractivity contribution in [3.63, 3.8) is 0 Å². The van der Waals surface area contributed by atoms with Gasteiger partial charge in [-0.05, 0) is 62.6 Å². The molecular formula is C25H33N3O3. The van der Waals surface area contributed by atoms with Crippen LogP contribution in [0.4, 0.5) is 5.69 Å². The molecule has 166 valence electrons. The van der Waals surface area contributed by atoms with Gasteiger partial charge in [0, 0.05) is 44.0 Å². The summed E-state index contributed by atoms with van der Waals surface area (Å²) in [4.78, 5) is 17.6. The van der Waals surface area contributed by atoms with Crippen molar-refractivity contribution in [1.29, 1.82) is 0 Å². The lowest BCUT2D eigenvalue weighted by atomic mass is 10.1. The zero-order valence-electron chi connectivity index (χ0n) is 18.6. The minimum Gasteiger partial charge on any atom is -0.493 e. The molecule has 31 heavy (non-hydrogen) atoms. The standard InChI is InChI=1S/C25H33N3O3/c1-27-13-15-28(16-14-27)22-10-6-3-7-20(22)18-26-25(29)19-11-12-23(24(17-19)30-2)31-21-8-4-5-9-21/h3,6-7,10-12,17,21H,4-5,8-9,13-16,18H2,1-2H3,(H,26,29). The molecule has 1 heterocycles. The second-order valence-electron chi connectivity index (χ2n) is 8.49. The highest BCUT2D eigenvalue weighted by molar-refractivity contribution is 5.95. The molecule has 1 N–H and O–H groups in total. The number of para-hydroxylation sites is 1. The van der Waals surface area contributed by atoms with Crippen LogP contribution in [0.5, 0.6) is 11.5 Å². The second kappa shape index (κ2) is 10.1. The van der Waals surface area contributed by atoms with E-state index >= 15 is 0 Å². The van der Waals surface area contributed by atoms with E-state index in [-0.39, 0.29) is 12.0 Å². The third kappa shape index (κ3) is 5.31. The molecule has 1 aliphatic carbocycles. The van der Waals surface area contributed by atoms with Gasteiger partial charge in [-0.2, -0.15) is 0 Å². The van der Waals surface area contributed by atoms with Crippen molar-refractivity contribution >= 4 is 11.6 Å². The highest BCUT2D eigenvalue weighted by Crippen LogP contribution is 2.32. The van der Waals surface area contributed by atoms with Crippen molar-refractivity contribution in [1.82, 2.24) is 10.2 Å². The summed E-state index contributed by atoms with van der Waals surface area (Å²) in [5, 5.41) is 3.08. The maximum absolute atomic E-state index is 12.8. The SMILES string of the molecule is COc1cc(C(=O)NCc2ccccc2N2CCN(C)CC2)ccc1OC1CCCC1. The number of hydrogen-bond acceptors (Lipinski definition) is 5. The summed E-state index contributed by atoms with van der Waals surface area (Å²) in [6, 6.07) is 13.8. The van der Waals surface area contributed by atoms with E-state index in [1.54, 1.807) is 13.2 Å². The first-order valence-electron chi connectivity index (χ1n) is 11.3.